The molecule has 5 nitrogen and oxygen atoms in total. The fraction of sp³-hybridized carbons (Fsp3) is 0.250. The van der Waals surface area contributed by atoms with E-state index in [-0.39, 0.29) is 5.56 Å². The first-order valence-corrected chi connectivity index (χ1v) is 12.8. The van der Waals surface area contributed by atoms with E-state index in [0.29, 0.717) is 12.5 Å². The normalized spacial score (nSPS) is 18.2. The zero-order valence-corrected chi connectivity index (χ0v) is 21.8. The summed E-state index contributed by atoms with van der Waals surface area (Å²) in [5, 5.41) is 0.937. The summed E-state index contributed by atoms with van der Waals surface area (Å²) in [4.78, 5) is 20.2. The van der Waals surface area contributed by atoms with Gasteiger partial charge in [0.15, 0.2) is 0 Å². The van der Waals surface area contributed by atoms with Crippen LogP contribution in [0.2, 0.25) is 0 Å². The highest BCUT2D eigenvalue weighted by Gasteiger charge is 2.33. The number of hydrogen-bond donors (Lipinski definition) is 2. The molecule has 2 atom stereocenters. The number of aromatic amines is 1. The Morgan fingerprint density at radius 1 is 1.14 bits per heavy atom. The molecule has 1 aromatic heterocycles. The zero-order chi connectivity index (χ0) is 26.2. The molecule has 0 radical (unpaired) electrons. The topological polar surface area (TPSA) is 80.5 Å². The maximum absolute atomic E-state index is 12.6. The number of pyridine rings is 1. The molecule has 3 aromatic carbocycles. The Hall–Kier alpha value is -3.96. The van der Waals surface area contributed by atoms with Gasteiger partial charge in [-0.2, -0.15) is 0 Å². The molecule has 0 amide bonds. The van der Waals surface area contributed by atoms with Crippen LogP contribution in [0.25, 0.3) is 22.0 Å². The van der Waals surface area contributed by atoms with Gasteiger partial charge in [-0.05, 0) is 89.4 Å². The van der Waals surface area contributed by atoms with E-state index in [4.69, 9.17) is 10.5 Å². The molecular formula is C32H33N3O2. The van der Waals surface area contributed by atoms with Gasteiger partial charge in [-0.3, -0.25) is 9.79 Å². The first-order valence-electron chi connectivity index (χ1n) is 12.8. The van der Waals surface area contributed by atoms with Gasteiger partial charge in [0, 0.05) is 29.4 Å². The first kappa shape index (κ1) is 24.7. The summed E-state index contributed by atoms with van der Waals surface area (Å²) in [5.41, 5.74) is 13.7. The molecule has 0 fully saturated rings. The molecule has 37 heavy (non-hydrogen) atoms. The lowest BCUT2D eigenvalue weighted by Gasteiger charge is -2.32. The van der Waals surface area contributed by atoms with Crippen molar-refractivity contribution in [3.05, 3.63) is 111 Å². The largest absolute Gasteiger partial charge is 0.489 e. The number of aliphatic imine (C=N–C) groups is 1. The van der Waals surface area contributed by atoms with E-state index in [1.165, 1.54) is 0 Å². The number of aromatic nitrogens is 1. The molecule has 1 aliphatic rings. The molecule has 3 N–H and O–H groups in total. The Morgan fingerprint density at radius 2 is 1.92 bits per heavy atom. The highest BCUT2D eigenvalue weighted by Crippen LogP contribution is 2.39. The molecule has 5 heteroatoms. The molecule has 0 saturated carbocycles. The highest BCUT2D eigenvalue weighted by molar-refractivity contribution is 5.95. The Balaban J connectivity index is 1.82. The Bertz CT molecular complexity index is 1600. The second-order valence-corrected chi connectivity index (χ2v) is 10.1. The maximum atomic E-state index is 12.6. The molecule has 0 aliphatic carbocycles. The molecule has 4 aromatic rings. The van der Waals surface area contributed by atoms with Gasteiger partial charge in [0.2, 0.25) is 5.56 Å². The van der Waals surface area contributed by atoms with Crippen molar-refractivity contribution >= 4 is 17.1 Å². The van der Waals surface area contributed by atoms with Crippen LogP contribution in [0.1, 0.15) is 49.4 Å². The van der Waals surface area contributed by atoms with Crippen molar-refractivity contribution in [1.29, 1.82) is 0 Å². The van der Waals surface area contributed by atoms with Gasteiger partial charge >= 0.3 is 0 Å². The van der Waals surface area contributed by atoms with Crippen LogP contribution in [0.5, 0.6) is 5.75 Å². The SMILES string of the molecule is CCC(C)C=N/C=C(\C)C1(N)c2ccc(C)c(c2)OCc2cccc(c2)-c2cc(=O)[nH]c3ccc1cc23. The van der Waals surface area contributed by atoms with Crippen LogP contribution in [0.15, 0.2) is 88.3 Å². The van der Waals surface area contributed by atoms with Crippen LogP contribution >= 0.6 is 0 Å². The molecule has 0 saturated heterocycles. The molecule has 2 heterocycles. The van der Waals surface area contributed by atoms with Crippen LogP contribution in [-0.4, -0.2) is 11.2 Å². The van der Waals surface area contributed by atoms with Gasteiger partial charge in [-0.15, -0.1) is 0 Å². The van der Waals surface area contributed by atoms with Crippen LogP contribution in [0.3, 0.4) is 0 Å². The fourth-order valence-electron chi connectivity index (χ4n) is 4.86. The second-order valence-electron chi connectivity index (χ2n) is 10.1. The molecule has 2 unspecified atom stereocenters. The lowest BCUT2D eigenvalue weighted by Crippen LogP contribution is -2.39. The fourth-order valence-corrected chi connectivity index (χ4v) is 4.86. The number of hydrogen-bond acceptors (Lipinski definition) is 4. The average molecular weight is 492 g/mol. The summed E-state index contributed by atoms with van der Waals surface area (Å²) in [5.74, 6) is 1.17. The summed E-state index contributed by atoms with van der Waals surface area (Å²) in [6, 6.07) is 22.0. The summed E-state index contributed by atoms with van der Waals surface area (Å²) < 4.78 is 6.31. The number of benzene rings is 3. The van der Waals surface area contributed by atoms with Crippen LogP contribution < -0.4 is 16.0 Å². The minimum Gasteiger partial charge on any atom is -0.489 e. The van der Waals surface area contributed by atoms with E-state index in [0.717, 1.165) is 62.0 Å². The predicted octanol–water partition coefficient (Wildman–Crippen LogP) is 6.62. The van der Waals surface area contributed by atoms with Gasteiger partial charge < -0.3 is 15.5 Å². The smallest absolute Gasteiger partial charge is 0.249 e. The van der Waals surface area contributed by atoms with E-state index < -0.39 is 5.54 Å². The molecule has 1 aliphatic heterocycles. The number of nitrogens with two attached hydrogens (primary N) is 1. The number of aryl methyl sites for hydroxylation is 1. The molecular weight excluding hydrogens is 458 g/mol. The van der Waals surface area contributed by atoms with Gasteiger partial charge in [-0.25, -0.2) is 0 Å². The molecule has 5 rings (SSSR count). The summed E-state index contributed by atoms with van der Waals surface area (Å²) in [6.45, 7) is 8.76. The van der Waals surface area contributed by atoms with Crippen molar-refractivity contribution < 1.29 is 4.74 Å². The first-order chi connectivity index (χ1) is 17.8. The van der Waals surface area contributed by atoms with E-state index in [9.17, 15) is 4.79 Å². The van der Waals surface area contributed by atoms with Crippen LogP contribution in [-0.2, 0) is 12.1 Å². The van der Waals surface area contributed by atoms with Gasteiger partial charge in [-0.1, -0.05) is 50.2 Å². The third-order valence-electron chi connectivity index (χ3n) is 7.45. The second kappa shape index (κ2) is 9.83. The quantitative estimate of drug-likeness (QED) is 0.315. The van der Waals surface area contributed by atoms with Crippen LogP contribution in [0, 0.1) is 12.8 Å². The third kappa shape index (κ3) is 4.63. The van der Waals surface area contributed by atoms with Crippen molar-refractivity contribution in [1.82, 2.24) is 4.98 Å². The molecule has 0 spiro atoms. The number of rotatable bonds is 4. The summed E-state index contributed by atoms with van der Waals surface area (Å²) in [7, 11) is 0. The number of H-pyrrole nitrogens is 1. The van der Waals surface area contributed by atoms with Crippen molar-refractivity contribution in [3.8, 4) is 16.9 Å². The van der Waals surface area contributed by atoms with Crippen LogP contribution in [0.4, 0.5) is 0 Å². The number of fused-ring (bicyclic) bond motifs is 6. The Morgan fingerprint density at radius 3 is 2.73 bits per heavy atom. The lowest BCUT2D eigenvalue weighted by molar-refractivity contribution is 0.303. The third-order valence-corrected chi connectivity index (χ3v) is 7.45. The van der Waals surface area contributed by atoms with E-state index >= 15 is 0 Å². The van der Waals surface area contributed by atoms with E-state index in [1.54, 1.807) is 6.07 Å². The lowest BCUT2D eigenvalue weighted by atomic mass is 9.77. The van der Waals surface area contributed by atoms with Crippen molar-refractivity contribution in [2.45, 2.75) is 46.3 Å². The van der Waals surface area contributed by atoms with E-state index in [2.05, 4.69) is 48.1 Å². The minimum atomic E-state index is -0.965. The van der Waals surface area contributed by atoms with Gasteiger partial charge in [0.05, 0.1) is 5.54 Å². The molecule has 6 bridgehead atoms. The van der Waals surface area contributed by atoms with E-state index in [1.807, 2.05) is 62.7 Å². The minimum absolute atomic E-state index is 0.141. The molecule has 188 valence electrons. The number of ether oxygens (including phenoxy) is 1. The van der Waals surface area contributed by atoms with Crippen molar-refractivity contribution in [2.24, 2.45) is 16.6 Å². The highest BCUT2D eigenvalue weighted by atomic mass is 16.5. The Labute approximate surface area is 217 Å². The average Bonchev–Trinajstić information content (AvgIpc) is 2.91. The Kier molecular flexibility index (Phi) is 6.57. The standard InChI is InChI=1S/C32H33N3O2/c1-5-20(2)17-34-18-22(4)32(33)25-11-12-29-28(14-25)27(16-31(36)35-29)24-8-6-7-23(13-24)19-37-30-15-26(32)10-9-21(30)3/h6-18,20H,5,19,33H2,1-4H3,(H,35,36)/b22-18+,34-17?. The number of nitrogens with one attached hydrogen (secondary N) is 1. The predicted molar refractivity (Wildman–Crippen MR) is 152 cm³/mol. The number of nitrogens with zero attached hydrogens (tertiary/aromatic N) is 1. The summed E-state index contributed by atoms with van der Waals surface area (Å²) >= 11 is 0. The van der Waals surface area contributed by atoms with Gasteiger partial charge in [0.1, 0.15) is 12.4 Å². The zero-order valence-electron chi connectivity index (χ0n) is 21.8. The van der Waals surface area contributed by atoms with Crippen molar-refractivity contribution in [3.63, 3.8) is 0 Å². The summed E-state index contributed by atoms with van der Waals surface area (Å²) in [6.07, 6.45) is 4.85. The maximum Gasteiger partial charge on any atom is 0.249 e. The monoisotopic (exact) mass is 491 g/mol. The van der Waals surface area contributed by atoms with Gasteiger partial charge in [0.25, 0.3) is 0 Å². The van der Waals surface area contributed by atoms with Crippen molar-refractivity contribution in [2.75, 3.05) is 0 Å².